The summed E-state index contributed by atoms with van der Waals surface area (Å²) in [5, 5.41) is 3.71. The smallest absolute Gasteiger partial charge is 0.233 e. The van der Waals surface area contributed by atoms with Crippen LogP contribution in [-0.4, -0.2) is 28.0 Å². The van der Waals surface area contributed by atoms with Crippen LogP contribution in [0.25, 0.3) is 0 Å². The maximum atomic E-state index is 13.5. The molecule has 1 aromatic heterocycles. The van der Waals surface area contributed by atoms with Crippen molar-refractivity contribution in [2.75, 3.05) is 7.05 Å². The number of nitrogens with zero attached hydrogens (tertiary/aromatic N) is 3. The summed E-state index contributed by atoms with van der Waals surface area (Å²) in [6.07, 6.45) is 3.69. The van der Waals surface area contributed by atoms with Crippen molar-refractivity contribution in [1.29, 1.82) is 0 Å². The highest BCUT2D eigenvalue weighted by Gasteiger charge is 2.47. The summed E-state index contributed by atoms with van der Waals surface area (Å²) < 4.78 is 18.1. The van der Waals surface area contributed by atoms with Gasteiger partial charge in [0.15, 0.2) is 5.82 Å². The molecule has 110 valence electrons. The molecule has 21 heavy (non-hydrogen) atoms. The molecular weight excluding hydrogens is 273 g/mol. The van der Waals surface area contributed by atoms with Crippen molar-refractivity contribution in [2.45, 2.75) is 31.2 Å². The van der Waals surface area contributed by atoms with Gasteiger partial charge in [0.1, 0.15) is 5.82 Å². The minimum Gasteiger partial charge on any atom is -0.343 e. The lowest BCUT2D eigenvalue weighted by molar-refractivity contribution is -0.140. The molecule has 1 aromatic carbocycles. The van der Waals surface area contributed by atoms with Gasteiger partial charge < -0.3 is 9.42 Å². The van der Waals surface area contributed by atoms with E-state index in [4.69, 9.17) is 0 Å². The molecule has 1 aliphatic rings. The SMILES string of the molecule is CN(Cc1ncon1)C(=O)C1(c2cccc(F)c2)CCC1. The van der Waals surface area contributed by atoms with Gasteiger partial charge in [-0.05, 0) is 30.5 Å². The molecule has 2 aromatic rings. The van der Waals surface area contributed by atoms with Gasteiger partial charge in [0, 0.05) is 7.05 Å². The Morgan fingerprint density at radius 3 is 2.86 bits per heavy atom. The van der Waals surface area contributed by atoms with Crippen LogP contribution >= 0.6 is 0 Å². The highest BCUT2D eigenvalue weighted by atomic mass is 19.1. The van der Waals surface area contributed by atoms with E-state index in [-0.39, 0.29) is 18.3 Å². The molecule has 0 unspecified atom stereocenters. The van der Waals surface area contributed by atoms with Crippen LogP contribution in [-0.2, 0) is 16.8 Å². The lowest BCUT2D eigenvalue weighted by atomic mass is 9.63. The maximum Gasteiger partial charge on any atom is 0.233 e. The van der Waals surface area contributed by atoms with Crippen molar-refractivity contribution < 1.29 is 13.7 Å². The molecule has 1 amide bonds. The van der Waals surface area contributed by atoms with Crippen LogP contribution in [0.1, 0.15) is 30.7 Å². The number of likely N-dealkylation sites (N-methyl/N-ethyl adjacent to an activating group) is 1. The van der Waals surface area contributed by atoms with Crippen molar-refractivity contribution in [3.63, 3.8) is 0 Å². The van der Waals surface area contributed by atoms with E-state index in [1.807, 2.05) is 6.07 Å². The van der Waals surface area contributed by atoms with Crippen LogP contribution < -0.4 is 0 Å². The first-order valence-electron chi connectivity index (χ1n) is 6.89. The van der Waals surface area contributed by atoms with E-state index in [1.165, 1.54) is 18.5 Å². The van der Waals surface area contributed by atoms with Crippen LogP contribution in [0.2, 0.25) is 0 Å². The normalized spacial score (nSPS) is 16.3. The van der Waals surface area contributed by atoms with Crippen LogP contribution in [0.3, 0.4) is 0 Å². The van der Waals surface area contributed by atoms with Crippen molar-refractivity contribution in [1.82, 2.24) is 15.0 Å². The number of carbonyl (C=O) groups is 1. The first-order chi connectivity index (χ1) is 10.1. The van der Waals surface area contributed by atoms with Gasteiger partial charge in [0.25, 0.3) is 0 Å². The molecule has 0 atom stereocenters. The molecule has 0 spiro atoms. The zero-order chi connectivity index (χ0) is 14.9. The number of rotatable bonds is 4. The minimum absolute atomic E-state index is 0.0239. The number of benzene rings is 1. The average molecular weight is 289 g/mol. The Labute approximate surface area is 121 Å². The molecule has 0 saturated heterocycles. The number of hydrogen-bond donors (Lipinski definition) is 0. The third-order valence-electron chi connectivity index (χ3n) is 4.13. The summed E-state index contributed by atoms with van der Waals surface area (Å²) in [7, 11) is 1.71. The first kappa shape index (κ1) is 13.7. The van der Waals surface area contributed by atoms with Crippen molar-refractivity contribution in [3.8, 4) is 0 Å². The Balaban J connectivity index is 1.83. The standard InChI is InChI=1S/C15H16FN3O2/c1-19(9-13-17-10-21-18-13)14(20)15(6-3-7-15)11-4-2-5-12(16)8-11/h2,4-5,8,10H,3,6-7,9H2,1H3. The fraction of sp³-hybridized carbons (Fsp3) is 0.400. The Bertz CT molecular complexity index is 638. The Morgan fingerprint density at radius 2 is 2.29 bits per heavy atom. The number of hydrogen-bond acceptors (Lipinski definition) is 4. The summed E-state index contributed by atoms with van der Waals surface area (Å²) in [5.41, 5.74) is 0.138. The van der Waals surface area contributed by atoms with Crippen LogP contribution in [0.15, 0.2) is 35.2 Å². The van der Waals surface area contributed by atoms with Gasteiger partial charge in [-0.2, -0.15) is 4.98 Å². The summed E-state index contributed by atoms with van der Waals surface area (Å²) in [4.78, 5) is 18.3. The minimum atomic E-state index is -0.611. The number of halogens is 1. The predicted molar refractivity (Wildman–Crippen MR) is 72.7 cm³/mol. The van der Waals surface area contributed by atoms with E-state index in [0.29, 0.717) is 5.82 Å². The fourth-order valence-corrected chi connectivity index (χ4v) is 2.85. The van der Waals surface area contributed by atoms with Gasteiger partial charge in [-0.15, -0.1) is 0 Å². The van der Waals surface area contributed by atoms with E-state index in [2.05, 4.69) is 14.7 Å². The Hall–Kier alpha value is -2.24. The van der Waals surface area contributed by atoms with E-state index in [1.54, 1.807) is 18.0 Å². The van der Waals surface area contributed by atoms with Crippen LogP contribution in [0.5, 0.6) is 0 Å². The van der Waals surface area contributed by atoms with Crippen molar-refractivity contribution >= 4 is 5.91 Å². The zero-order valence-electron chi connectivity index (χ0n) is 11.8. The summed E-state index contributed by atoms with van der Waals surface area (Å²) in [5.74, 6) is 0.121. The maximum absolute atomic E-state index is 13.5. The highest BCUT2D eigenvalue weighted by Crippen LogP contribution is 2.45. The molecule has 1 saturated carbocycles. The summed E-state index contributed by atoms with van der Waals surface area (Å²) in [6.45, 7) is 0.284. The third-order valence-corrected chi connectivity index (χ3v) is 4.13. The molecule has 0 N–H and O–H groups in total. The second-order valence-corrected chi connectivity index (χ2v) is 5.45. The Morgan fingerprint density at radius 1 is 1.48 bits per heavy atom. The molecule has 1 aliphatic carbocycles. The predicted octanol–water partition coefficient (Wildman–Crippen LogP) is 2.29. The third kappa shape index (κ3) is 2.41. The molecule has 0 radical (unpaired) electrons. The van der Waals surface area contributed by atoms with Gasteiger partial charge in [-0.3, -0.25) is 4.79 Å². The average Bonchev–Trinajstić information content (AvgIpc) is 2.90. The Kier molecular flexibility index (Phi) is 3.45. The van der Waals surface area contributed by atoms with Gasteiger partial charge in [0.2, 0.25) is 12.3 Å². The molecule has 5 nitrogen and oxygen atoms in total. The van der Waals surface area contributed by atoms with Gasteiger partial charge in [-0.1, -0.05) is 23.7 Å². The second-order valence-electron chi connectivity index (χ2n) is 5.45. The molecule has 6 heteroatoms. The second kappa shape index (κ2) is 5.27. The fourth-order valence-electron chi connectivity index (χ4n) is 2.85. The number of aromatic nitrogens is 2. The molecule has 3 rings (SSSR count). The lowest BCUT2D eigenvalue weighted by Gasteiger charge is -2.43. The molecule has 0 bridgehead atoms. The van der Waals surface area contributed by atoms with Crippen molar-refractivity contribution in [2.24, 2.45) is 0 Å². The van der Waals surface area contributed by atoms with Gasteiger partial charge in [0.05, 0.1) is 12.0 Å². The first-order valence-corrected chi connectivity index (χ1v) is 6.89. The molecule has 0 aliphatic heterocycles. The summed E-state index contributed by atoms with van der Waals surface area (Å²) in [6, 6.07) is 6.32. The molecule has 1 fully saturated rings. The zero-order valence-corrected chi connectivity index (χ0v) is 11.8. The molecular formula is C15H16FN3O2. The van der Waals surface area contributed by atoms with Crippen molar-refractivity contribution in [3.05, 3.63) is 47.9 Å². The van der Waals surface area contributed by atoms with E-state index >= 15 is 0 Å². The van der Waals surface area contributed by atoms with Gasteiger partial charge >= 0.3 is 0 Å². The topological polar surface area (TPSA) is 59.2 Å². The van der Waals surface area contributed by atoms with Gasteiger partial charge in [-0.25, -0.2) is 4.39 Å². The van der Waals surface area contributed by atoms with E-state index < -0.39 is 5.41 Å². The monoisotopic (exact) mass is 289 g/mol. The lowest BCUT2D eigenvalue weighted by Crippen LogP contribution is -2.49. The quantitative estimate of drug-likeness (QED) is 0.866. The number of carbonyl (C=O) groups excluding carboxylic acids is 1. The van der Waals surface area contributed by atoms with E-state index in [9.17, 15) is 9.18 Å². The summed E-state index contributed by atoms with van der Waals surface area (Å²) >= 11 is 0. The van der Waals surface area contributed by atoms with Crippen LogP contribution in [0.4, 0.5) is 4.39 Å². The largest absolute Gasteiger partial charge is 0.343 e. The highest BCUT2D eigenvalue weighted by molar-refractivity contribution is 5.89. The number of amides is 1. The molecule has 1 heterocycles. The van der Waals surface area contributed by atoms with Crippen LogP contribution in [0, 0.1) is 5.82 Å². The van der Waals surface area contributed by atoms with E-state index in [0.717, 1.165) is 24.8 Å².